The Hall–Kier alpha value is -12.0. The molecule has 7 aromatic rings. The Kier molecular flexibility index (Phi) is 27.7. The van der Waals surface area contributed by atoms with E-state index in [2.05, 4.69) is 68.1 Å². The molecule has 32 nitrogen and oxygen atoms in total. The number of likely N-dealkylation sites (tertiary alicyclic amines) is 1. The zero-order valence-electron chi connectivity index (χ0n) is 57.7. The molecule has 11 amide bonds. The number of benzene rings is 5. The molecule has 9 rings (SSSR count). The highest BCUT2D eigenvalue weighted by Gasteiger charge is 2.40. The molecule has 2 fully saturated rings. The molecule has 0 bridgehead atoms. The number of aliphatic hydroxyl groups is 1. The number of aliphatic carboxylic acids is 1. The first-order valence-electron chi connectivity index (χ1n) is 34.1. The number of aromatic amines is 2. The molecular formula is C72H89N17O15. The number of carboxylic acids is 1. The van der Waals surface area contributed by atoms with Gasteiger partial charge in [0.25, 0.3) is 5.97 Å². The first kappa shape index (κ1) is 77.8. The summed E-state index contributed by atoms with van der Waals surface area (Å²) in [5.41, 5.74) is 13.5. The van der Waals surface area contributed by atoms with E-state index in [0.717, 1.165) is 28.5 Å². The Morgan fingerprint density at radius 2 is 1.19 bits per heavy atom. The summed E-state index contributed by atoms with van der Waals surface area (Å²) in [4.78, 5) is 176. The lowest BCUT2D eigenvalue weighted by Gasteiger charge is -2.31. The van der Waals surface area contributed by atoms with E-state index in [-0.39, 0.29) is 101 Å². The highest BCUT2D eigenvalue weighted by molar-refractivity contribution is 6.04. The number of hydrogen-bond acceptors (Lipinski definition) is 16. The fourth-order valence-corrected chi connectivity index (χ4v) is 12.6. The molecule has 0 aliphatic carbocycles. The van der Waals surface area contributed by atoms with Crippen LogP contribution in [0.5, 0.6) is 5.75 Å². The van der Waals surface area contributed by atoms with E-state index in [4.69, 9.17) is 26.8 Å². The van der Waals surface area contributed by atoms with Crippen LogP contribution in [0.4, 0.5) is 0 Å². The quantitative estimate of drug-likeness (QED) is 0.0110. The van der Waals surface area contributed by atoms with Crippen LogP contribution < -0.4 is 64.6 Å². The number of carbonyl (C=O) groups excluding carboxylic acids is 11. The lowest BCUT2D eigenvalue weighted by atomic mass is 9.92. The van der Waals surface area contributed by atoms with Crippen LogP contribution in [0.15, 0.2) is 122 Å². The van der Waals surface area contributed by atoms with E-state index in [1.807, 2.05) is 68.4 Å². The number of guanidine groups is 1. The predicted octanol–water partition coefficient (Wildman–Crippen LogP) is -0.169. The summed E-state index contributed by atoms with van der Waals surface area (Å²) in [5, 5.41) is 67.1. The van der Waals surface area contributed by atoms with Gasteiger partial charge in [0.15, 0.2) is 5.96 Å². The maximum Gasteiger partial charge on any atom is 0.300 e. The molecule has 0 saturated carbocycles. The van der Waals surface area contributed by atoms with Gasteiger partial charge in [0.1, 0.15) is 60.1 Å². The largest absolute Gasteiger partial charge is 0.508 e. The number of phenolic OH excluding ortho intramolecular Hbond substituents is 1. The van der Waals surface area contributed by atoms with Crippen molar-refractivity contribution >= 4 is 109 Å². The number of para-hydroxylation sites is 1. The zero-order valence-corrected chi connectivity index (χ0v) is 57.7. The molecule has 2 aliphatic heterocycles. The van der Waals surface area contributed by atoms with Crippen molar-refractivity contribution in [2.75, 3.05) is 26.2 Å². The van der Waals surface area contributed by atoms with Crippen LogP contribution in [-0.4, -0.2) is 193 Å². The molecule has 2 saturated heterocycles. The highest BCUT2D eigenvalue weighted by atomic mass is 16.4. The fraction of sp³-hybridized carbons (Fsp3) is 0.389. The van der Waals surface area contributed by atoms with Gasteiger partial charge in [-0.2, -0.15) is 0 Å². The number of primary amides is 1. The molecule has 104 heavy (non-hydrogen) atoms. The molecular weight excluding hydrogens is 1340 g/mol. The van der Waals surface area contributed by atoms with Crippen LogP contribution >= 0.6 is 0 Å². The molecule has 552 valence electrons. The number of amides is 11. The van der Waals surface area contributed by atoms with Crippen molar-refractivity contribution < 1.29 is 72.9 Å². The number of rotatable bonds is 33. The van der Waals surface area contributed by atoms with E-state index in [9.17, 15) is 53.4 Å². The Bertz CT molecular complexity index is 4200. The first-order chi connectivity index (χ1) is 49.7. The Morgan fingerprint density at radius 1 is 0.644 bits per heavy atom. The number of imidazole rings is 1. The standard InChI is InChI=1S/C70H85N17O13.C2H4O2/c1-38(2)27-52(62(93)80-51(17-9-25-75-70(72)73)69(100)87-26-10-18-58(87)68(99)77-35-59(71)90)81-66(97)56(32-48-45-13-5-3-11-40(45)29-41-12-4-6-14-46(41)48)85-63(94)53(28-39-19-21-44(89)22-20-39)82-67(98)57(36-88)86-64(95)54(30-42-33-76-49-16-8-7-15-47(42)49)83-65(96)55(31-43-34-74-37-78-43)84-61(92)50-23-24-60(91)79-50;1-2(3)4/h3-8,11-16,19-22,29,33-34,37-38,50-58,76,88-89H,9-10,17-18,23-28,30-32,35-36H2,1-2H3,(H2,71,90)(H,74,78)(H,77,99)(H,79,91)(H,80,93)(H,81,97)(H,82,98)(H,83,96)(H,84,92)(H,85,94)(H,86,95)(H4,72,73,75);1H3,(H,3,4)/t50?,51-,52-,53-,54-,55-,56+,57-,58-;/m0./s1. The molecule has 1 unspecified atom stereocenters. The van der Waals surface area contributed by atoms with Gasteiger partial charge >= 0.3 is 0 Å². The summed E-state index contributed by atoms with van der Waals surface area (Å²) < 4.78 is 0. The SMILES string of the molecule is CC(=O)O.CC(C)C[C@H](NC(=O)[C@@H](Cc1c2ccccc2cc2ccccc12)NC(=O)[C@H](Cc1ccc(O)cc1)NC(=O)[C@H](CO)NC(=O)[C@H](Cc1c[nH]c2ccccc12)NC(=O)[C@H](Cc1c[nH]cn1)NC(=O)C1CCC(=O)N1)C(=O)N[C@@H](CCCNC(=N)N)C(=O)N1CCC[C@H]1C(=O)NCC(N)=O. The molecule has 32 heteroatoms. The minimum atomic E-state index is -1.82. The maximum atomic E-state index is 15.5. The third kappa shape index (κ3) is 22.0. The van der Waals surface area contributed by atoms with E-state index in [1.54, 1.807) is 30.5 Å². The summed E-state index contributed by atoms with van der Waals surface area (Å²) in [6, 6.07) is 17.3. The monoisotopic (exact) mass is 1430 g/mol. The van der Waals surface area contributed by atoms with Crippen molar-refractivity contribution in [3.63, 3.8) is 0 Å². The van der Waals surface area contributed by atoms with E-state index < -0.39 is 133 Å². The summed E-state index contributed by atoms with van der Waals surface area (Å²) in [6.07, 6.45) is 4.84. The van der Waals surface area contributed by atoms with Crippen LogP contribution in [-0.2, 0) is 83.2 Å². The van der Waals surface area contributed by atoms with E-state index in [0.29, 0.717) is 39.7 Å². The number of phenols is 1. The highest BCUT2D eigenvalue weighted by Crippen LogP contribution is 2.30. The minimum absolute atomic E-state index is 0.00768. The van der Waals surface area contributed by atoms with Crippen LogP contribution in [0.25, 0.3) is 32.4 Å². The van der Waals surface area contributed by atoms with E-state index in [1.165, 1.54) is 41.7 Å². The van der Waals surface area contributed by atoms with Gasteiger partial charge in [-0.15, -0.1) is 0 Å². The van der Waals surface area contributed by atoms with Crippen molar-refractivity contribution in [3.8, 4) is 5.75 Å². The maximum absolute atomic E-state index is 15.5. The second kappa shape index (κ2) is 37.1. The summed E-state index contributed by atoms with van der Waals surface area (Å²) in [5.74, 6) is -10.1. The summed E-state index contributed by atoms with van der Waals surface area (Å²) in [7, 11) is 0. The number of aliphatic hydroxyl groups excluding tert-OH is 1. The fourth-order valence-electron chi connectivity index (χ4n) is 12.6. The van der Waals surface area contributed by atoms with Gasteiger partial charge in [0.05, 0.1) is 25.2 Å². The number of nitrogens with two attached hydrogens (primary N) is 2. The second-order valence-electron chi connectivity index (χ2n) is 26.0. The number of aromatic nitrogens is 3. The topological polar surface area (TPSA) is 509 Å². The smallest absolute Gasteiger partial charge is 0.300 e. The molecule has 4 heterocycles. The normalized spacial score (nSPS) is 16.0. The van der Waals surface area contributed by atoms with Crippen molar-refractivity contribution in [2.45, 2.75) is 146 Å². The van der Waals surface area contributed by atoms with Gasteiger partial charge in [-0.3, -0.25) is 62.9 Å². The average molecular weight is 1430 g/mol. The predicted molar refractivity (Wildman–Crippen MR) is 382 cm³/mol. The third-order valence-corrected chi connectivity index (χ3v) is 17.6. The minimum Gasteiger partial charge on any atom is -0.508 e. The number of hydrogen-bond donors (Lipinski definition) is 18. The summed E-state index contributed by atoms with van der Waals surface area (Å²) in [6.45, 7) is 3.46. The molecule has 0 spiro atoms. The van der Waals surface area contributed by atoms with Crippen molar-refractivity contribution in [1.29, 1.82) is 5.41 Å². The molecule has 20 N–H and O–H groups in total. The number of fused-ring (bicyclic) bond motifs is 3. The number of nitrogens with zero attached hydrogens (tertiary/aromatic N) is 2. The third-order valence-electron chi connectivity index (χ3n) is 17.6. The Labute approximate surface area is 597 Å². The van der Waals surface area contributed by atoms with Crippen molar-refractivity contribution in [2.24, 2.45) is 17.4 Å². The van der Waals surface area contributed by atoms with Gasteiger partial charge in [-0.1, -0.05) is 92.7 Å². The molecule has 5 aromatic carbocycles. The van der Waals surface area contributed by atoms with Crippen molar-refractivity contribution in [1.82, 2.24) is 73.0 Å². The first-order valence-corrected chi connectivity index (χ1v) is 34.1. The lowest BCUT2D eigenvalue weighted by Crippen LogP contribution is -2.61. The van der Waals surface area contributed by atoms with Gasteiger partial charge < -0.3 is 94.8 Å². The van der Waals surface area contributed by atoms with Crippen LogP contribution in [0, 0.1) is 11.3 Å². The van der Waals surface area contributed by atoms with Crippen LogP contribution in [0.3, 0.4) is 0 Å². The zero-order chi connectivity index (χ0) is 75.1. The van der Waals surface area contributed by atoms with Crippen LogP contribution in [0.2, 0.25) is 0 Å². The van der Waals surface area contributed by atoms with Crippen LogP contribution in [0.1, 0.15) is 88.1 Å². The number of carboxylic acid groups (broad SMARTS) is 1. The second-order valence-corrected chi connectivity index (χ2v) is 26.0. The van der Waals surface area contributed by atoms with Gasteiger partial charge in [-0.25, -0.2) is 4.98 Å². The van der Waals surface area contributed by atoms with Gasteiger partial charge in [-0.05, 0) is 107 Å². The Morgan fingerprint density at radius 3 is 1.77 bits per heavy atom. The summed E-state index contributed by atoms with van der Waals surface area (Å²) >= 11 is 0. The number of aromatic hydroxyl groups is 1. The number of carbonyl (C=O) groups is 12. The van der Waals surface area contributed by atoms with Gasteiger partial charge in [0, 0.05) is 75.4 Å². The molecule has 0 radical (unpaired) electrons. The van der Waals surface area contributed by atoms with Gasteiger partial charge in [0.2, 0.25) is 65.0 Å². The van der Waals surface area contributed by atoms with Crippen molar-refractivity contribution in [3.05, 3.63) is 144 Å². The lowest BCUT2D eigenvalue weighted by molar-refractivity contribution is -0.142. The van der Waals surface area contributed by atoms with E-state index >= 15 is 9.59 Å². The molecule has 2 aromatic heterocycles. The molecule has 9 atom stereocenters. The Balaban J connectivity index is 0.00000333. The molecule has 2 aliphatic rings. The average Bonchev–Trinajstić information content (AvgIpc) is 1.75. The number of nitrogens with one attached hydrogen (secondary N) is 13. The number of H-pyrrole nitrogens is 2.